The van der Waals surface area contributed by atoms with Gasteiger partial charge in [0.05, 0.1) is 36.5 Å². The molecular weight excluding hydrogens is 355 g/mol. The normalized spacial score (nSPS) is 11.4. The van der Waals surface area contributed by atoms with Crippen LogP contribution in [-0.4, -0.2) is 24.7 Å². The van der Waals surface area contributed by atoms with Crippen molar-refractivity contribution in [2.45, 2.75) is 6.54 Å². The topological polar surface area (TPSA) is 52.8 Å². The number of nitrogens with zero attached hydrogens (tertiary/aromatic N) is 2. The van der Waals surface area contributed by atoms with Crippen molar-refractivity contribution < 1.29 is 18.7 Å². The molecule has 0 saturated carbocycles. The molecule has 0 fully saturated rings. The van der Waals surface area contributed by atoms with Crippen molar-refractivity contribution in [2.24, 2.45) is 4.99 Å². The first-order chi connectivity index (χ1) is 12.6. The van der Waals surface area contributed by atoms with Gasteiger partial charge in [0.2, 0.25) is 0 Å². The molecule has 3 aromatic rings. The summed E-state index contributed by atoms with van der Waals surface area (Å²) in [7, 11) is 3.08. The second kappa shape index (κ2) is 7.42. The Kier molecular flexibility index (Phi) is 5.05. The highest BCUT2D eigenvalue weighted by Gasteiger charge is 2.14. The van der Waals surface area contributed by atoms with Crippen LogP contribution in [0.3, 0.4) is 0 Å². The van der Waals surface area contributed by atoms with Gasteiger partial charge in [0.1, 0.15) is 5.82 Å². The molecule has 26 heavy (non-hydrogen) atoms. The van der Waals surface area contributed by atoms with Crippen molar-refractivity contribution >= 4 is 27.5 Å². The van der Waals surface area contributed by atoms with Gasteiger partial charge in [0.15, 0.2) is 16.3 Å². The number of carbonyl (C=O) groups is 1. The molecule has 1 heterocycles. The second-order valence-corrected chi connectivity index (χ2v) is 6.26. The van der Waals surface area contributed by atoms with E-state index in [0.29, 0.717) is 16.3 Å². The largest absolute Gasteiger partial charge is 0.493 e. The van der Waals surface area contributed by atoms with Crippen LogP contribution in [0.1, 0.15) is 10.4 Å². The van der Waals surface area contributed by atoms with Gasteiger partial charge in [-0.25, -0.2) is 4.39 Å². The van der Waals surface area contributed by atoms with Gasteiger partial charge >= 0.3 is 0 Å². The zero-order chi connectivity index (χ0) is 18.7. The molecule has 0 aliphatic carbocycles. The lowest BCUT2D eigenvalue weighted by Gasteiger charge is -2.08. The van der Waals surface area contributed by atoms with Crippen molar-refractivity contribution in [3.63, 3.8) is 0 Å². The summed E-state index contributed by atoms with van der Waals surface area (Å²) in [6, 6.07) is 9.28. The Morgan fingerprint density at radius 3 is 2.62 bits per heavy atom. The number of aromatic nitrogens is 1. The Bertz CT molecular complexity index is 1090. The molecule has 0 bridgehead atoms. The Hall–Kier alpha value is -3.11. The average molecular weight is 370 g/mol. The first kappa shape index (κ1) is 17.7. The minimum absolute atomic E-state index is 0.0904. The molecule has 0 spiro atoms. The van der Waals surface area contributed by atoms with Crippen LogP contribution in [0.2, 0.25) is 0 Å². The van der Waals surface area contributed by atoms with Crippen LogP contribution in [0.5, 0.6) is 11.5 Å². The lowest BCUT2D eigenvalue weighted by Crippen LogP contribution is -2.17. The van der Waals surface area contributed by atoms with E-state index in [1.54, 1.807) is 29.9 Å². The quantitative estimate of drug-likeness (QED) is 0.663. The van der Waals surface area contributed by atoms with Crippen molar-refractivity contribution in [3.05, 3.63) is 52.6 Å². The van der Waals surface area contributed by atoms with E-state index in [2.05, 4.69) is 10.9 Å². The second-order valence-electron chi connectivity index (χ2n) is 5.25. The third-order valence-corrected chi connectivity index (χ3v) is 4.78. The van der Waals surface area contributed by atoms with Crippen molar-refractivity contribution in [2.75, 3.05) is 14.2 Å². The smallest absolute Gasteiger partial charge is 0.282 e. The van der Waals surface area contributed by atoms with Gasteiger partial charge in [-0.15, -0.1) is 6.42 Å². The number of benzene rings is 2. The number of terminal acetylenes is 1. The molecule has 0 unspecified atom stereocenters. The van der Waals surface area contributed by atoms with Crippen molar-refractivity contribution in [1.82, 2.24) is 4.57 Å². The lowest BCUT2D eigenvalue weighted by molar-refractivity contribution is 0.0994. The predicted molar refractivity (Wildman–Crippen MR) is 98.0 cm³/mol. The van der Waals surface area contributed by atoms with Crippen LogP contribution in [0.15, 0.2) is 41.4 Å². The van der Waals surface area contributed by atoms with E-state index in [1.165, 1.54) is 36.6 Å². The molecule has 132 valence electrons. The number of amides is 1. The van der Waals surface area contributed by atoms with Crippen LogP contribution in [-0.2, 0) is 6.54 Å². The van der Waals surface area contributed by atoms with Crippen molar-refractivity contribution in [3.8, 4) is 23.8 Å². The fourth-order valence-corrected chi connectivity index (χ4v) is 3.55. The first-order valence-electron chi connectivity index (χ1n) is 7.61. The van der Waals surface area contributed by atoms with E-state index >= 15 is 0 Å². The van der Waals surface area contributed by atoms with Gasteiger partial charge < -0.3 is 14.0 Å². The minimum atomic E-state index is -0.667. The van der Waals surface area contributed by atoms with E-state index in [1.807, 2.05) is 0 Å². The number of carbonyl (C=O) groups excluding carboxylic acids is 1. The van der Waals surface area contributed by atoms with Gasteiger partial charge in [-0.3, -0.25) is 4.79 Å². The summed E-state index contributed by atoms with van der Waals surface area (Å²) < 4.78 is 27.0. The van der Waals surface area contributed by atoms with E-state index in [4.69, 9.17) is 15.9 Å². The Morgan fingerprint density at radius 2 is 1.96 bits per heavy atom. The highest BCUT2D eigenvalue weighted by atomic mass is 32.1. The molecule has 3 rings (SSSR count). The number of hydrogen-bond donors (Lipinski definition) is 0. The van der Waals surface area contributed by atoms with E-state index in [0.717, 1.165) is 10.2 Å². The predicted octanol–water partition coefficient (Wildman–Crippen LogP) is 3.23. The highest BCUT2D eigenvalue weighted by Crippen LogP contribution is 2.33. The highest BCUT2D eigenvalue weighted by molar-refractivity contribution is 7.16. The molecule has 0 atom stereocenters. The number of ether oxygens (including phenoxy) is 2. The van der Waals surface area contributed by atoms with Crippen LogP contribution >= 0.6 is 11.3 Å². The zero-order valence-electron chi connectivity index (χ0n) is 14.2. The Balaban J connectivity index is 2.22. The number of halogens is 1. The molecule has 1 aromatic heterocycles. The zero-order valence-corrected chi connectivity index (χ0v) is 15.0. The van der Waals surface area contributed by atoms with Gasteiger partial charge in [0.25, 0.3) is 5.91 Å². The molecule has 0 aliphatic heterocycles. The third kappa shape index (κ3) is 3.19. The summed E-state index contributed by atoms with van der Waals surface area (Å²) in [5, 5.41) is 0. The summed E-state index contributed by atoms with van der Waals surface area (Å²) in [5.74, 6) is 2.36. The van der Waals surface area contributed by atoms with Crippen LogP contribution < -0.4 is 14.3 Å². The average Bonchev–Trinajstić information content (AvgIpc) is 2.97. The third-order valence-electron chi connectivity index (χ3n) is 3.74. The number of rotatable bonds is 4. The van der Waals surface area contributed by atoms with Gasteiger partial charge in [-0.2, -0.15) is 4.99 Å². The SMILES string of the molecule is C#CCn1c(=NC(=O)c2ccccc2F)sc2cc(OC)c(OC)cc21. The molecule has 0 saturated heterocycles. The van der Waals surface area contributed by atoms with Gasteiger partial charge in [0, 0.05) is 12.1 Å². The molecule has 1 amide bonds. The molecule has 0 aliphatic rings. The van der Waals surface area contributed by atoms with Crippen molar-refractivity contribution in [1.29, 1.82) is 0 Å². The monoisotopic (exact) mass is 370 g/mol. The molecule has 7 heteroatoms. The Morgan fingerprint density at radius 1 is 1.27 bits per heavy atom. The van der Waals surface area contributed by atoms with E-state index < -0.39 is 11.7 Å². The number of methoxy groups -OCH3 is 2. The molecular formula is C19H15FN2O3S. The number of thiazole rings is 1. The maximum atomic E-state index is 13.8. The van der Waals surface area contributed by atoms with Gasteiger partial charge in [-0.1, -0.05) is 29.4 Å². The maximum absolute atomic E-state index is 13.8. The summed E-state index contributed by atoms with van der Waals surface area (Å²) >= 11 is 1.26. The van der Waals surface area contributed by atoms with E-state index in [-0.39, 0.29) is 12.1 Å². The summed E-state index contributed by atoms with van der Waals surface area (Å²) in [5.41, 5.74) is 0.665. The van der Waals surface area contributed by atoms with Crippen LogP contribution in [0.25, 0.3) is 10.2 Å². The summed E-state index contributed by atoms with van der Waals surface area (Å²) in [6.07, 6.45) is 5.46. The molecule has 0 radical (unpaired) electrons. The fourth-order valence-electron chi connectivity index (χ4n) is 2.51. The van der Waals surface area contributed by atoms with Crippen LogP contribution in [0.4, 0.5) is 4.39 Å². The minimum Gasteiger partial charge on any atom is -0.493 e. The lowest BCUT2D eigenvalue weighted by atomic mass is 10.2. The standard InChI is InChI=1S/C19H15FN2O3S/c1-4-9-22-14-10-15(24-2)16(25-3)11-17(14)26-19(22)21-18(23)12-7-5-6-8-13(12)20/h1,5-8,10-11H,9H2,2-3H3. The fraction of sp³-hybridized carbons (Fsp3) is 0.158. The Labute approximate surface area is 153 Å². The molecule has 0 N–H and O–H groups in total. The van der Waals surface area contributed by atoms with Crippen LogP contribution in [0, 0.1) is 18.2 Å². The van der Waals surface area contributed by atoms with E-state index in [9.17, 15) is 9.18 Å². The summed E-state index contributed by atoms with van der Waals surface area (Å²) in [6.45, 7) is 0.207. The first-order valence-corrected chi connectivity index (χ1v) is 8.43. The summed E-state index contributed by atoms with van der Waals surface area (Å²) in [4.78, 5) is 16.9. The molecule has 2 aromatic carbocycles. The molecule has 5 nitrogen and oxygen atoms in total. The maximum Gasteiger partial charge on any atom is 0.282 e. The number of fused-ring (bicyclic) bond motifs is 1. The van der Waals surface area contributed by atoms with Gasteiger partial charge in [-0.05, 0) is 12.1 Å². The number of hydrogen-bond acceptors (Lipinski definition) is 4.